The predicted molar refractivity (Wildman–Crippen MR) is 176 cm³/mol. The average molecular weight is 618 g/mol. The molecule has 1 aliphatic heterocycles. The molecule has 10 nitrogen and oxygen atoms in total. The average Bonchev–Trinajstić information content (AvgIpc) is 2.97. The van der Waals surface area contributed by atoms with Gasteiger partial charge in [-0.15, -0.1) is 0 Å². The van der Waals surface area contributed by atoms with Gasteiger partial charge >= 0.3 is 6.03 Å². The van der Waals surface area contributed by atoms with Crippen molar-refractivity contribution in [1.82, 2.24) is 9.88 Å². The van der Waals surface area contributed by atoms with E-state index in [1.807, 2.05) is 63.4 Å². The molecule has 0 radical (unpaired) electrons. The number of hydrogen-bond donors (Lipinski definition) is 3. The molecule has 44 heavy (non-hydrogen) atoms. The monoisotopic (exact) mass is 617 g/mol. The first kappa shape index (κ1) is 31.2. The number of nitrogens with zero attached hydrogens (tertiary/aromatic N) is 2. The Morgan fingerprint density at radius 3 is 2.30 bits per heavy atom. The fourth-order valence-corrected chi connectivity index (χ4v) is 5.91. The lowest BCUT2D eigenvalue weighted by Gasteiger charge is -2.26. The normalized spacial score (nSPS) is 14.3. The summed E-state index contributed by atoms with van der Waals surface area (Å²) in [6, 6.07) is 18.9. The van der Waals surface area contributed by atoms with E-state index in [0.29, 0.717) is 17.1 Å². The molecule has 3 N–H and O–H groups in total. The van der Waals surface area contributed by atoms with Gasteiger partial charge in [-0.05, 0) is 40.1 Å². The molecule has 232 valence electrons. The zero-order valence-corrected chi connectivity index (χ0v) is 26.5. The molecule has 0 bridgehead atoms. The van der Waals surface area contributed by atoms with Crippen molar-refractivity contribution < 1.29 is 22.7 Å². The van der Waals surface area contributed by atoms with Gasteiger partial charge in [0.05, 0.1) is 43.6 Å². The number of sulfonamides is 1. The molecular weight excluding hydrogens is 578 g/mol. The molecule has 1 fully saturated rings. The number of urea groups is 1. The Morgan fingerprint density at radius 2 is 1.66 bits per heavy atom. The molecule has 1 aromatic heterocycles. The first-order valence-corrected chi connectivity index (χ1v) is 16.4. The molecule has 11 heteroatoms. The van der Waals surface area contributed by atoms with Crippen LogP contribution >= 0.6 is 0 Å². The first-order chi connectivity index (χ1) is 20.9. The Morgan fingerprint density at radius 1 is 0.955 bits per heavy atom. The van der Waals surface area contributed by atoms with E-state index in [9.17, 15) is 13.2 Å². The van der Waals surface area contributed by atoms with E-state index in [0.717, 1.165) is 72.3 Å². The van der Waals surface area contributed by atoms with Gasteiger partial charge < -0.3 is 20.1 Å². The Bertz CT molecular complexity index is 1760. The number of benzene rings is 3. The van der Waals surface area contributed by atoms with E-state index in [1.165, 1.54) is 7.11 Å². The number of carbonyl (C=O) groups is 1. The van der Waals surface area contributed by atoms with E-state index < -0.39 is 21.5 Å². The molecule has 0 spiro atoms. The third kappa shape index (κ3) is 7.47. The number of ether oxygens (including phenoxy) is 2. The lowest BCUT2D eigenvalue weighted by Crippen LogP contribution is -2.35. The van der Waals surface area contributed by atoms with Crippen LogP contribution in [0.3, 0.4) is 0 Å². The van der Waals surface area contributed by atoms with E-state index >= 15 is 0 Å². The molecule has 5 rings (SSSR count). The van der Waals surface area contributed by atoms with Crippen LogP contribution in [0, 0.1) is 0 Å². The number of anilines is 3. The van der Waals surface area contributed by atoms with Gasteiger partial charge in [0.1, 0.15) is 5.75 Å². The Labute approximate surface area is 258 Å². The van der Waals surface area contributed by atoms with E-state index in [1.54, 1.807) is 12.1 Å². The Kier molecular flexibility index (Phi) is 9.10. The van der Waals surface area contributed by atoms with Gasteiger partial charge in [-0.3, -0.25) is 14.6 Å². The largest absolute Gasteiger partial charge is 0.494 e. The van der Waals surface area contributed by atoms with Gasteiger partial charge in [-0.2, -0.15) is 0 Å². The molecule has 3 aromatic carbocycles. The lowest BCUT2D eigenvalue weighted by atomic mass is 9.85. The standard InChI is InChI=1S/C33H39N5O5S/c1-33(2,3)27-18-30(37-44(5,40)41)31(42-4)19-29(27)36-32(39)35-28-13-12-24(25-8-6-7-9-26(25)28)22-10-11-23(34-20-22)21-38-14-16-43-17-15-38/h6-13,18-20,37H,14-17,21H2,1-5H3,(H2,35,36,39). The molecule has 0 aliphatic carbocycles. The highest BCUT2D eigenvalue weighted by molar-refractivity contribution is 7.92. The van der Waals surface area contributed by atoms with E-state index in [2.05, 4.69) is 32.4 Å². The maximum absolute atomic E-state index is 13.4. The van der Waals surface area contributed by atoms with Crippen LogP contribution in [0.2, 0.25) is 0 Å². The summed E-state index contributed by atoms with van der Waals surface area (Å²) in [5, 5.41) is 7.83. The number of amides is 2. The number of hydrogen-bond acceptors (Lipinski definition) is 7. The zero-order valence-electron chi connectivity index (χ0n) is 25.7. The third-order valence-corrected chi connectivity index (χ3v) is 8.08. The summed E-state index contributed by atoms with van der Waals surface area (Å²) in [7, 11) is -2.09. The molecule has 1 saturated heterocycles. The van der Waals surface area contributed by atoms with Crippen molar-refractivity contribution in [3.8, 4) is 16.9 Å². The smallest absolute Gasteiger partial charge is 0.323 e. The highest BCUT2D eigenvalue weighted by Gasteiger charge is 2.24. The molecule has 1 aliphatic rings. The molecular formula is C33H39N5O5S. The summed E-state index contributed by atoms with van der Waals surface area (Å²) in [6.45, 7) is 10.1. The number of carbonyl (C=O) groups excluding carboxylic acids is 1. The minimum atomic E-state index is -3.54. The van der Waals surface area contributed by atoms with Gasteiger partial charge in [-0.1, -0.05) is 57.2 Å². The number of morpholine rings is 1. The van der Waals surface area contributed by atoms with Crippen molar-refractivity contribution in [1.29, 1.82) is 0 Å². The number of aromatic nitrogens is 1. The quantitative estimate of drug-likeness (QED) is 0.220. The van der Waals surface area contributed by atoms with Crippen LogP contribution in [0.25, 0.3) is 21.9 Å². The second-order valence-electron chi connectivity index (χ2n) is 11.9. The van der Waals surface area contributed by atoms with Crippen molar-refractivity contribution in [2.75, 3.05) is 55.0 Å². The topological polar surface area (TPSA) is 122 Å². The van der Waals surface area contributed by atoms with Gasteiger partial charge in [0.2, 0.25) is 10.0 Å². The fourth-order valence-electron chi connectivity index (χ4n) is 5.35. The summed E-state index contributed by atoms with van der Waals surface area (Å²) in [5.74, 6) is 0.290. The van der Waals surface area contributed by atoms with Gasteiger partial charge in [0, 0.05) is 48.5 Å². The minimum Gasteiger partial charge on any atom is -0.494 e. The van der Waals surface area contributed by atoms with E-state index in [-0.39, 0.29) is 5.75 Å². The van der Waals surface area contributed by atoms with Crippen molar-refractivity contribution in [2.45, 2.75) is 32.7 Å². The van der Waals surface area contributed by atoms with Gasteiger partial charge in [0.25, 0.3) is 0 Å². The van der Waals surface area contributed by atoms with Crippen LogP contribution in [-0.2, 0) is 26.7 Å². The number of fused-ring (bicyclic) bond motifs is 1. The van der Waals surface area contributed by atoms with Crippen LogP contribution in [0.1, 0.15) is 32.0 Å². The lowest BCUT2D eigenvalue weighted by molar-refractivity contribution is 0.0336. The Balaban J connectivity index is 1.39. The number of pyridine rings is 1. The maximum atomic E-state index is 13.4. The van der Waals surface area contributed by atoms with Crippen LogP contribution in [0.4, 0.5) is 21.9 Å². The second-order valence-corrected chi connectivity index (χ2v) is 13.7. The first-order valence-electron chi connectivity index (χ1n) is 14.5. The van der Waals surface area contributed by atoms with Crippen LogP contribution in [0.5, 0.6) is 5.75 Å². The molecule has 2 heterocycles. The van der Waals surface area contributed by atoms with Crippen molar-refractivity contribution >= 4 is 43.9 Å². The molecule has 0 atom stereocenters. The number of methoxy groups -OCH3 is 1. The van der Waals surface area contributed by atoms with Gasteiger partial charge in [0.15, 0.2) is 0 Å². The summed E-state index contributed by atoms with van der Waals surface area (Å²) < 4.78 is 37.3. The van der Waals surface area contributed by atoms with Crippen LogP contribution in [0.15, 0.2) is 66.9 Å². The minimum absolute atomic E-state index is 0.290. The highest BCUT2D eigenvalue weighted by Crippen LogP contribution is 2.39. The van der Waals surface area contributed by atoms with Gasteiger partial charge in [-0.25, -0.2) is 13.2 Å². The summed E-state index contributed by atoms with van der Waals surface area (Å²) in [6.07, 6.45) is 2.98. The number of nitrogens with one attached hydrogen (secondary N) is 3. The van der Waals surface area contributed by atoms with Crippen molar-refractivity contribution in [3.63, 3.8) is 0 Å². The summed E-state index contributed by atoms with van der Waals surface area (Å²) in [5.41, 5.74) is 4.82. The molecule has 0 unspecified atom stereocenters. The SMILES string of the molecule is COc1cc(NC(=O)Nc2ccc(-c3ccc(CN4CCOCC4)nc3)c3ccccc23)c(C(C)(C)C)cc1NS(C)(=O)=O. The summed E-state index contributed by atoms with van der Waals surface area (Å²) in [4.78, 5) is 20.4. The maximum Gasteiger partial charge on any atom is 0.323 e. The highest BCUT2D eigenvalue weighted by atomic mass is 32.2. The zero-order chi connectivity index (χ0) is 31.5. The van der Waals surface area contributed by atoms with Crippen LogP contribution in [-0.4, -0.2) is 64.0 Å². The third-order valence-electron chi connectivity index (χ3n) is 7.49. The molecule has 0 saturated carbocycles. The molecule has 2 amide bonds. The molecule has 4 aromatic rings. The van der Waals surface area contributed by atoms with Crippen molar-refractivity contribution in [2.24, 2.45) is 0 Å². The second kappa shape index (κ2) is 12.8. The predicted octanol–water partition coefficient (Wildman–Crippen LogP) is 6.06. The Hall–Kier alpha value is -4.19. The number of rotatable bonds is 8. The van der Waals surface area contributed by atoms with Crippen molar-refractivity contribution in [3.05, 3.63) is 78.1 Å². The summed E-state index contributed by atoms with van der Waals surface area (Å²) >= 11 is 0. The van der Waals surface area contributed by atoms with Crippen LogP contribution < -0.4 is 20.1 Å². The fraction of sp³-hybridized carbons (Fsp3) is 0.333. The van der Waals surface area contributed by atoms with E-state index in [4.69, 9.17) is 14.5 Å².